The Kier molecular flexibility index (Phi) is 10.0. The molecule has 3 heteroatoms. The molecule has 8 rings (SSSR count). The van der Waals surface area contributed by atoms with E-state index in [2.05, 4.69) is 151 Å². The predicted molar refractivity (Wildman–Crippen MR) is 197 cm³/mol. The Morgan fingerprint density at radius 3 is 1.92 bits per heavy atom. The third kappa shape index (κ3) is 7.04. The van der Waals surface area contributed by atoms with Crippen LogP contribution in [0.2, 0.25) is 0 Å². The van der Waals surface area contributed by atoms with Crippen LogP contribution in [0.3, 0.4) is 0 Å². The van der Waals surface area contributed by atoms with E-state index in [1.165, 1.54) is 54.9 Å². The van der Waals surface area contributed by atoms with Gasteiger partial charge in [0, 0.05) is 32.0 Å². The number of fused-ring (bicyclic) bond motifs is 3. The molecule has 0 N–H and O–H groups in total. The Morgan fingerprint density at radius 1 is 0.500 bits per heavy atom. The summed E-state index contributed by atoms with van der Waals surface area (Å²) in [6, 6.07) is 57.4. The first-order valence-electron chi connectivity index (χ1n) is 15.9. The van der Waals surface area contributed by atoms with E-state index >= 15 is 0 Å². The normalized spacial score (nSPS) is 10.6. The number of rotatable bonds is 4. The standard InChI is InChI=1S/C26H18N.C19H16N.Ir/c1-18-7-6-12-26(27-18)20-15-13-19(14-16-20)25-17-21-8-2-3-9-22(21)23-10-4-5-11-24(23)25;1-14-8-10-17(11-9-14)19-12-18(15(2)13-20-19)16-6-4-3-5-7-16;/h2-15,17H,1H3;3-10,12-13H,1-2H3;/q2*-1;. The molecule has 0 saturated heterocycles. The fourth-order valence-corrected chi connectivity index (χ4v) is 6.00. The number of hydrogen-bond donors (Lipinski definition) is 0. The Balaban J connectivity index is 0.000000171. The summed E-state index contributed by atoms with van der Waals surface area (Å²) in [6.45, 7) is 6.18. The van der Waals surface area contributed by atoms with Crippen molar-refractivity contribution in [3.8, 4) is 44.8 Å². The first-order valence-corrected chi connectivity index (χ1v) is 15.9. The van der Waals surface area contributed by atoms with Crippen LogP contribution >= 0.6 is 0 Å². The number of aryl methyl sites for hydroxylation is 3. The minimum atomic E-state index is 0. The number of pyridine rings is 2. The minimum absolute atomic E-state index is 0. The number of nitrogens with zero attached hydrogens (tertiary/aromatic N) is 2. The van der Waals surface area contributed by atoms with Crippen molar-refractivity contribution in [2.45, 2.75) is 20.8 Å². The molecule has 0 bridgehead atoms. The van der Waals surface area contributed by atoms with Gasteiger partial charge in [-0.25, -0.2) is 0 Å². The quantitative estimate of drug-likeness (QED) is 0.131. The van der Waals surface area contributed by atoms with Gasteiger partial charge in [0.15, 0.2) is 0 Å². The summed E-state index contributed by atoms with van der Waals surface area (Å²) in [6.07, 6.45) is 1.94. The molecule has 0 saturated carbocycles. The van der Waals surface area contributed by atoms with Crippen LogP contribution in [0.5, 0.6) is 0 Å². The summed E-state index contributed by atoms with van der Waals surface area (Å²) >= 11 is 0. The molecule has 2 heterocycles. The fraction of sp³-hybridized carbons (Fsp3) is 0.0667. The molecular formula is C45H34IrN2-2. The van der Waals surface area contributed by atoms with E-state index in [1.54, 1.807) is 0 Å². The van der Waals surface area contributed by atoms with E-state index in [0.29, 0.717) is 0 Å². The molecule has 0 amide bonds. The molecule has 1 radical (unpaired) electrons. The SMILES string of the molecule is Cc1c[c-]c(-c2cc(-c3ccccc3)c(C)cn2)cc1.Cc1cccc(-c2[c-]cc(-c3cc4ccccc4c4ccccc34)cc2)n1.[Ir]. The van der Waals surface area contributed by atoms with Crippen molar-refractivity contribution >= 4 is 21.5 Å². The molecule has 8 aromatic rings. The molecule has 6 aromatic carbocycles. The van der Waals surface area contributed by atoms with E-state index in [0.717, 1.165) is 28.2 Å². The molecule has 0 fully saturated rings. The maximum Gasteiger partial charge on any atom is 0.0266 e. The molecule has 0 spiro atoms. The monoisotopic (exact) mass is 795 g/mol. The van der Waals surface area contributed by atoms with Crippen molar-refractivity contribution in [2.75, 3.05) is 0 Å². The zero-order valence-electron chi connectivity index (χ0n) is 27.2. The third-order valence-electron chi connectivity index (χ3n) is 8.49. The first-order chi connectivity index (χ1) is 23.0. The van der Waals surface area contributed by atoms with Crippen LogP contribution in [0.1, 0.15) is 16.8 Å². The van der Waals surface area contributed by atoms with Crippen LogP contribution in [0.25, 0.3) is 66.3 Å². The second-order valence-electron chi connectivity index (χ2n) is 11.9. The first kappa shape index (κ1) is 32.7. The van der Waals surface area contributed by atoms with Crippen molar-refractivity contribution in [1.82, 2.24) is 9.97 Å². The van der Waals surface area contributed by atoms with Gasteiger partial charge in [0.2, 0.25) is 0 Å². The number of aromatic nitrogens is 2. The molecule has 0 atom stereocenters. The zero-order valence-corrected chi connectivity index (χ0v) is 29.6. The van der Waals surface area contributed by atoms with Crippen LogP contribution in [-0.4, -0.2) is 9.97 Å². The Morgan fingerprint density at radius 2 is 1.19 bits per heavy atom. The summed E-state index contributed by atoms with van der Waals surface area (Å²) in [7, 11) is 0. The molecule has 235 valence electrons. The summed E-state index contributed by atoms with van der Waals surface area (Å²) in [5.41, 5.74) is 12.3. The van der Waals surface area contributed by atoms with Crippen molar-refractivity contribution in [3.05, 3.63) is 181 Å². The molecule has 2 aromatic heterocycles. The van der Waals surface area contributed by atoms with Gasteiger partial charge in [-0.05, 0) is 69.5 Å². The average Bonchev–Trinajstić information content (AvgIpc) is 3.13. The maximum absolute atomic E-state index is 4.61. The molecule has 2 nitrogen and oxygen atoms in total. The van der Waals surface area contributed by atoms with Gasteiger partial charge >= 0.3 is 0 Å². The van der Waals surface area contributed by atoms with Gasteiger partial charge in [0.05, 0.1) is 0 Å². The van der Waals surface area contributed by atoms with Crippen molar-refractivity contribution < 1.29 is 20.1 Å². The topological polar surface area (TPSA) is 25.8 Å². The number of benzene rings is 6. The fourth-order valence-electron chi connectivity index (χ4n) is 6.00. The zero-order chi connectivity index (χ0) is 32.2. The van der Waals surface area contributed by atoms with E-state index in [4.69, 9.17) is 0 Å². The molecule has 0 aliphatic heterocycles. The Bertz CT molecular complexity index is 2310. The van der Waals surface area contributed by atoms with Crippen LogP contribution in [-0.2, 0) is 20.1 Å². The molecule has 0 aliphatic carbocycles. The van der Waals surface area contributed by atoms with Crippen molar-refractivity contribution in [3.63, 3.8) is 0 Å². The third-order valence-corrected chi connectivity index (χ3v) is 8.49. The molecule has 0 aliphatic rings. The maximum atomic E-state index is 4.61. The Hall–Kier alpha value is -5.21. The largest absolute Gasteiger partial charge is 0.304 e. The van der Waals surface area contributed by atoms with Gasteiger partial charge in [0.25, 0.3) is 0 Å². The minimum Gasteiger partial charge on any atom is -0.304 e. The summed E-state index contributed by atoms with van der Waals surface area (Å²) in [5, 5.41) is 5.11. The van der Waals surface area contributed by atoms with Gasteiger partial charge < -0.3 is 9.97 Å². The van der Waals surface area contributed by atoms with Gasteiger partial charge in [0.1, 0.15) is 0 Å². The molecular weight excluding hydrogens is 761 g/mol. The van der Waals surface area contributed by atoms with Gasteiger partial charge in [-0.1, -0.05) is 121 Å². The second kappa shape index (κ2) is 14.7. The molecule has 0 unspecified atom stereocenters. The summed E-state index contributed by atoms with van der Waals surface area (Å²) < 4.78 is 0. The summed E-state index contributed by atoms with van der Waals surface area (Å²) in [5.74, 6) is 0. The van der Waals surface area contributed by atoms with Gasteiger partial charge in [-0.2, -0.15) is 0 Å². The number of hydrogen-bond acceptors (Lipinski definition) is 2. The molecule has 48 heavy (non-hydrogen) atoms. The van der Waals surface area contributed by atoms with Crippen molar-refractivity contribution in [1.29, 1.82) is 0 Å². The van der Waals surface area contributed by atoms with E-state index in [-0.39, 0.29) is 20.1 Å². The Labute approximate surface area is 296 Å². The van der Waals surface area contributed by atoms with Gasteiger partial charge in [-0.15, -0.1) is 65.2 Å². The predicted octanol–water partition coefficient (Wildman–Crippen LogP) is 11.7. The van der Waals surface area contributed by atoms with E-state index in [1.807, 2.05) is 43.5 Å². The van der Waals surface area contributed by atoms with Crippen molar-refractivity contribution in [2.24, 2.45) is 0 Å². The van der Waals surface area contributed by atoms with Gasteiger partial charge in [-0.3, -0.25) is 0 Å². The summed E-state index contributed by atoms with van der Waals surface area (Å²) in [4.78, 5) is 9.14. The van der Waals surface area contributed by atoms with Crippen LogP contribution in [0, 0.1) is 32.9 Å². The average molecular weight is 795 g/mol. The van der Waals surface area contributed by atoms with Crippen LogP contribution in [0.15, 0.2) is 152 Å². The van der Waals surface area contributed by atoms with E-state index < -0.39 is 0 Å². The smallest absolute Gasteiger partial charge is 0.0266 e. The van der Waals surface area contributed by atoms with Crippen LogP contribution < -0.4 is 0 Å². The van der Waals surface area contributed by atoms with E-state index in [9.17, 15) is 0 Å². The van der Waals surface area contributed by atoms with Crippen LogP contribution in [0.4, 0.5) is 0 Å². The second-order valence-corrected chi connectivity index (χ2v) is 11.9.